The number of rotatable bonds is 6. The summed E-state index contributed by atoms with van der Waals surface area (Å²) >= 11 is 1.39. The molecule has 2 aromatic carbocycles. The maximum atomic E-state index is 13.8. The lowest BCUT2D eigenvalue weighted by Crippen LogP contribution is -2.24. The highest BCUT2D eigenvalue weighted by Crippen LogP contribution is 2.27. The SMILES string of the molecule is CN(C)S(=O)(=O)c1ccccc1NC(=O)c1nc(-c2cccs2)n(-c2cccc(F)c2)n1. The molecule has 32 heavy (non-hydrogen) atoms. The third kappa shape index (κ3) is 4.17. The molecule has 0 spiro atoms. The zero-order valence-corrected chi connectivity index (χ0v) is 18.7. The van der Waals surface area contributed by atoms with Gasteiger partial charge in [-0.15, -0.1) is 16.4 Å². The molecule has 2 aromatic heterocycles. The molecular formula is C21H18FN5O3S2. The summed E-state index contributed by atoms with van der Waals surface area (Å²) in [5.41, 5.74) is 0.501. The molecule has 0 aliphatic rings. The first-order chi connectivity index (χ1) is 15.3. The van der Waals surface area contributed by atoms with Gasteiger partial charge in [0.2, 0.25) is 15.8 Å². The van der Waals surface area contributed by atoms with E-state index in [4.69, 9.17) is 0 Å². The lowest BCUT2D eigenvalue weighted by Gasteiger charge is -2.15. The predicted molar refractivity (Wildman–Crippen MR) is 120 cm³/mol. The summed E-state index contributed by atoms with van der Waals surface area (Å²) in [7, 11) is -0.977. The molecule has 4 rings (SSSR count). The van der Waals surface area contributed by atoms with Crippen molar-refractivity contribution >= 4 is 33.0 Å². The minimum atomic E-state index is -3.79. The van der Waals surface area contributed by atoms with E-state index in [0.717, 1.165) is 9.18 Å². The van der Waals surface area contributed by atoms with Gasteiger partial charge in [0, 0.05) is 14.1 Å². The van der Waals surface area contributed by atoms with Crippen molar-refractivity contribution in [3.05, 3.63) is 77.7 Å². The number of nitrogens with zero attached hydrogens (tertiary/aromatic N) is 4. The fraction of sp³-hybridized carbons (Fsp3) is 0.0952. The first-order valence-corrected chi connectivity index (χ1v) is 11.7. The summed E-state index contributed by atoms with van der Waals surface area (Å²) in [6, 6.07) is 15.5. The van der Waals surface area contributed by atoms with E-state index in [-0.39, 0.29) is 16.4 Å². The summed E-state index contributed by atoms with van der Waals surface area (Å²) in [5, 5.41) is 8.71. The maximum absolute atomic E-state index is 13.8. The fourth-order valence-corrected chi connectivity index (χ4v) is 4.67. The Morgan fingerprint density at radius 1 is 1.09 bits per heavy atom. The van der Waals surface area contributed by atoms with Crippen molar-refractivity contribution in [2.45, 2.75) is 4.90 Å². The minimum Gasteiger partial charge on any atom is -0.318 e. The van der Waals surface area contributed by atoms with Gasteiger partial charge in [0.1, 0.15) is 10.7 Å². The second kappa shape index (κ2) is 8.61. The summed E-state index contributed by atoms with van der Waals surface area (Å²) in [4.78, 5) is 18.0. The number of aromatic nitrogens is 3. The predicted octanol–water partition coefficient (Wildman–Crippen LogP) is 3.64. The highest BCUT2D eigenvalue weighted by atomic mass is 32.2. The molecule has 11 heteroatoms. The molecule has 0 aliphatic carbocycles. The smallest absolute Gasteiger partial charge is 0.295 e. The monoisotopic (exact) mass is 471 g/mol. The van der Waals surface area contributed by atoms with Crippen LogP contribution in [0.25, 0.3) is 16.4 Å². The Morgan fingerprint density at radius 2 is 1.88 bits per heavy atom. The summed E-state index contributed by atoms with van der Waals surface area (Å²) in [6.07, 6.45) is 0. The van der Waals surface area contributed by atoms with E-state index in [1.807, 2.05) is 17.5 Å². The molecular weight excluding hydrogens is 453 g/mol. The third-order valence-corrected chi connectivity index (χ3v) is 7.24. The number of sulfonamides is 1. The fourth-order valence-electron chi connectivity index (χ4n) is 2.93. The van der Waals surface area contributed by atoms with Crippen LogP contribution in [0.2, 0.25) is 0 Å². The van der Waals surface area contributed by atoms with Crippen molar-refractivity contribution < 1.29 is 17.6 Å². The van der Waals surface area contributed by atoms with E-state index >= 15 is 0 Å². The zero-order chi connectivity index (χ0) is 22.9. The Hall–Kier alpha value is -3.41. The van der Waals surface area contributed by atoms with Gasteiger partial charge >= 0.3 is 0 Å². The van der Waals surface area contributed by atoms with Crippen molar-refractivity contribution in [1.29, 1.82) is 0 Å². The average Bonchev–Trinajstić information content (AvgIpc) is 3.44. The average molecular weight is 472 g/mol. The van der Waals surface area contributed by atoms with Gasteiger partial charge in [-0.1, -0.05) is 24.3 Å². The van der Waals surface area contributed by atoms with Gasteiger partial charge in [-0.3, -0.25) is 4.79 Å². The summed E-state index contributed by atoms with van der Waals surface area (Å²) in [6.45, 7) is 0. The second-order valence-electron chi connectivity index (χ2n) is 6.87. The van der Waals surface area contributed by atoms with Gasteiger partial charge in [-0.05, 0) is 41.8 Å². The van der Waals surface area contributed by atoms with E-state index in [2.05, 4.69) is 15.4 Å². The van der Waals surface area contributed by atoms with Gasteiger partial charge in [0.15, 0.2) is 5.82 Å². The van der Waals surface area contributed by atoms with E-state index in [0.29, 0.717) is 11.5 Å². The third-order valence-electron chi connectivity index (χ3n) is 4.50. The van der Waals surface area contributed by atoms with Crippen LogP contribution < -0.4 is 5.32 Å². The standard InChI is InChI=1S/C21H18FN5O3S2/c1-26(2)32(29,30)18-11-4-3-9-16(18)23-21(28)19-24-20(17-10-6-12-31-17)27(25-19)15-8-5-7-14(22)13-15/h3-13H,1-2H3,(H,23,28). The molecule has 0 radical (unpaired) electrons. The van der Waals surface area contributed by atoms with Gasteiger partial charge < -0.3 is 5.32 Å². The normalized spacial score (nSPS) is 11.6. The van der Waals surface area contributed by atoms with Gasteiger partial charge in [0.25, 0.3) is 5.91 Å². The first-order valence-electron chi connectivity index (χ1n) is 9.37. The Morgan fingerprint density at radius 3 is 2.56 bits per heavy atom. The number of carbonyl (C=O) groups excluding carboxylic acids is 1. The molecule has 0 fully saturated rings. The number of para-hydroxylation sites is 1. The highest BCUT2D eigenvalue weighted by molar-refractivity contribution is 7.89. The number of nitrogens with one attached hydrogen (secondary N) is 1. The lowest BCUT2D eigenvalue weighted by atomic mass is 10.3. The van der Waals surface area contributed by atoms with Crippen molar-refractivity contribution in [2.75, 3.05) is 19.4 Å². The van der Waals surface area contributed by atoms with Crippen molar-refractivity contribution in [3.63, 3.8) is 0 Å². The van der Waals surface area contributed by atoms with Crippen LogP contribution in [0.4, 0.5) is 10.1 Å². The summed E-state index contributed by atoms with van der Waals surface area (Å²) in [5.74, 6) is -0.969. The molecule has 1 N–H and O–H groups in total. The van der Waals surface area contributed by atoms with E-state index in [1.54, 1.807) is 18.2 Å². The number of thiophene rings is 1. The molecule has 164 valence electrons. The van der Waals surface area contributed by atoms with Crippen molar-refractivity contribution in [3.8, 4) is 16.4 Å². The molecule has 0 unspecified atom stereocenters. The van der Waals surface area contributed by atoms with Crippen LogP contribution in [0.15, 0.2) is 70.9 Å². The molecule has 8 nitrogen and oxygen atoms in total. The van der Waals surface area contributed by atoms with E-state index < -0.39 is 21.7 Å². The van der Waals surface area contributed by atoms with Crippen LogP contribution in [0, 0.1) is 5.82 Å². The summed E-state index contributed by atoms with van der Waals surface area (Å²) < 4.78 is 41.5. The highest BCUT2D eigenvalue weighted by Gasteiger charge is 2.24. The van der Waals surface area contributed by atoms with Crippen LogP contribution in [0.3, 0.4) is 0 Å². The number of hydrogen-bond donors (Lipinski definition) is 1. The van der Waals surface area contributed by atoms with Crippen LogP contribution in [0.1, 0.15) is 10.6 Å². The second-order valence-corrected chi connectivity index (χ2v) is 9.93. The van der Waals surface area contributed by atoms with Crippen LogP contribution in [0.5, 0.6) is 0 Å². The van der Waals surface area contributed by atoms with E-state index in [1.165, 1.54) is 60.4 Å². The maximum Gasteiger partial charge on any atom is 0.295 e. The molecule has 4 aromatic rings. The zero-order valence-electron chi connectivity index (χ0n) is 17.1. The molecule has 0 atom stereocenters. The van der Waals surface area contributed by atoms with Gasteiger partial charge in [0.05, 0.1) is 16.3 Å². The number of carbonyl (C=O) groups is 1. The largest absolute Gasteiger partial charge is 0.318 e. The van der Waals surface area contributed by atoms with Gasteiger partial charge in [-0.2, -0.15) is 0 Å². The molecule has 0 aliphatic heterocycles. The van der Waals surface area contributed by atoms with Crippen LogP contribution >= 0.6 is 11.3 Å². The van der Waals surface area contributed by atoms with Crippen LogP contribution in [-0.2, 0) is 10.0 Å². The van der Waals surface area contributed by atoms with Crippen LogP contribution in [-0.4, -0.2) is 47.5 Å². The lowest BCUT2D eigenvalue weighted by molar-refractivity contribution is 0.101. The van der Waals surface area contributed by atoms with Gasteiger partial charge in [-0.25, -0.2) is 26.8 Å². The Labute approximate surface area is 188 Å². The molecule has 0 bridgehead atoms. The molecule has 2 heterocycles. The number of benzene rings is 2. The molecule has 0 saturated heterocycles. The molecule has 1 amide bonds. The number of amides is 1. The van der Waals surface area contributed by atoms with Crippen molar-refractivity contribution in [1.82, 2.24) is 19.1 Å². The Kier molecular flexibility index (Phi) is 5.87. The first kappa shape index (κ1) is 21.8. The number of hydrogen-bond acceptors (Lipinski definition) is 6. The topological polar surface area (TPSA) is 97.2 Å². The number of halogens is 1. The Balaban J connectivity index is 1.75. The Bertz CT molecular complexity index is 1380. The number of anilines is 1. The van der Waals surface area contributed by atoms with E-state index in [9.17, 15) is 17.6 Å². The molecule has 0 saturated carbocycles. The minimum absolute atomic E-state index is 0.0543. The van der Waals surface area contributed by atoms with Crippen molar-refractivity contribution in [2.24, 2.45) is 0 Å². The quantitative estimate of drug-likeness (QED) is 0.463.